The van der Waals surface area contributed by atoms with Gasteiger partial charge in [0.2, 0.25) is 5.91 Å². The van der Waals surface area contributed by atoms with E-state index in [0.717, 1.165) is 6.42 Å². The highest BCUT2D eigenvalue weighted by molar-refractivity contribution is 5.86. The van der Waals surface area contributed by atoms with Crippen molar-refractivity contribution in [2.45, 2.75) is 32.2 Å². The van der Waals surface area contributed by atoms with Crippen LogP contribution in [0.25, 0.3) is 0 Å². The smallest absolute Gasteiger partial charge is 0.323 e. The molecule has 1 aliphatic rings. The third kappa shape index (κ3) is 3.13. The molecule has 0 bridgehead atoms. The van der Waals surface area contributed by atoms with E-state index in [4.69, 9.17) is 5.11 Å². The van der Waals surface area contributed by atoms with Crippen LogP contribution in [0.2, 0.25) is 0 Å². The third-order valence-electron chi connectivity index (χ3n) is 3.55. The summed E-state index contributed by atoms with van der Waals surface area (Å²) in [5, 5.41) is 8.87. The van der Waals surface area contributed by atoms with Crippen molar-refractivity contribution < 1.29 is 14.7 Å². The molecular weight excluding hydrogens is 242 g/mol. The number of hydrogen-bond donors (Lipinski definition) is 1. The summed E-state index contributed by atoms with van der Waals surface area (Å²) in [5.41, 5.74) is 1.17. The molecule has 0 radical (unpaired) electrons. The monoisotopic (exact) mass is 261 g/mol. The van der Waals surface area contributed by atoms with Crippen molar-refractivity contribution in [3.63, 3.8) is 0 Å². The molecule has 2 unspecified atom stereocenters. The zero-order chi connectivity index (χ0) is 14.0. The van der Waals surface area contributed by atoms with Crippen molar-refractivity contribution in [3.8, 4) is 0 Å². The van der Waals surface area contributed by atoms with Gasteiger partial charge < -0.3 is 10.0 Å². The predicted molar refractivity (Wildman–Crippen MR) is 71.8 cm³/mol. The van der Waals surface area contributed by atoms with Crippen molar-refractivity contribution in [2.24, 2.45) is 5.92 Å². The third-order valence-corrected chi connectivity index (χ3v) is 3.55. The summed E-state index contributed by atoms with van der Waals surface area (Å²) in [5.74, 6) is -0.793. The number of amides is 1. The van der Waals surface area contributed by atoms with E-state index in [1.807, 2.05) is 44.2 Å². The molecule has 0 saturated heterocycles. The molecule has 0 aromatic heterocycles. The molecule has 4 heteroatoms. The van der Waals surface area contributed by atoms with Gasteiger partial charge in [0, 0.05) is 12.0 Å². The molecule has 1 aromatic rings. The van der Waals surface area contributed by atoms with Gasteiger partial charge in [0.1, 0.15) is 6.54 Å². The van der Waals surface area contributed by atoms with E-state index in [1.165, 1.54) is 10.5 Å². The zero-order valence-corrected chi connectivity index (χ0v) is 11.2. The Hall–Kier alpha value is -1.84. The summed E-state index contributed by atoms with van der Waals surface area (Å²) < 4.78 is 0. The highest BCUT2D eigenvalue weighted by Crippen LogP contribution is 2.48. The van der Waals surface area contributed by atoms with Crippen molar-refractivity contribution in [2.75, 3.05) is 6.54 Å². The predicted octanol–water partition coefficient (Wildman–Crippen LogP) is 2.11. The van der Waals surface area contributed by atoms with Crippen LogP contribution in [0.1, 0.15) is 31.7 Å². The summed E-state index contributed by atoms with van der Waals surface area (Å²) in [4.78, 5) is 24.6. The molecule has 1 N–H and O–H groups in total. The number of carboxylic acids is 1. The molecular formula is C15H19NO3. The fourth-order valence-electron chi connectivity index (χ4n) is 2.41. The Bertz CT molecular complexity index is 470. The number of nitrogens with zero attached hydrogens (tertiary/aromatic N) is 1. The number of rotatable bonds is 5. The average Bonchev–Trinajstić information content (AvgIpc) is 3.16. The Morgan fingerprint density at radius 2 is 1.95 bits per heavy atom. The molecule has 0 heterocycles. The van der Waals surface area contributed by atoms with Crippen LogP contribution in [-0.4, -0.2) is 34.5 Å². The van der Waals surface area contributed by atoms with Gasteiger partial charge in [-0.05, 0) is 31.7 Å². The molecule has 4 nitrogen and oxygen atoms in total. The first-order chi connectivity index (χ1) is 9.00. The van der Waals surface area contributed by atoms with Crippen LogP contribution in [0, 0.1) is 5.92 Å². The Labute approximate surface area is 113 Å². The SMILES string of the molecule is CC(C)N(CC(=O)O)C(=O)C1CC1c1ccccc1. The quantitative estimate of drug-likeness (QED) is 0.883. The zero-order valence-electron chi connectivity index (χ0n) is 11.2. The second-order valence-electron chi connectivity index (χ2n) is 5.31. The van der Waals surface area contributed by atoms with E-state index >= 15 is 0 Å². The van der Waals surface area contributed by atoms with Crippen LogP contribution < -0.4 is 0 Å². The van der Waals surface area contributed by atoms with Crippen LogP contribution >= 0.6 is 0 Å². The number of carboxylic acid groups (broad SMARTS) is 1. The normalized spacial score (nSPS) is 21.2. The van der Waals surface area contributed by atoms with E-state index in [2.05, 4.69) is 0 Å². The van der Waals surface area contributed by atoms with Gasteiger partial charge in [-0.2, -0.15) is 0 Å². The first kappa shape index (κ1) is 13.6. The number of aliphatic carboxylic acids is 1. The van der Waals surface area contributed by atoms with Gasteiger partial charge in [0.25, 0.3) is 0 Å². The van der Waals surface area contributed by atoms with E-state index < -0.39 is 5.97 Å². The van der Waals surface area contributed by atoms with Gasteiger partial charge >= 0.3 is 5.97 Å². The molecule has 19 heavy (non-hydrogen) atoms. The highest BCUT2D eigenvalue weighted by atomic mass is 16.4. The summed E-state index contributed by atoms with van der Waals surface area (Å²) in [6.07, 6.45) is 0.825. The molecule has 102 valence electrons. The fraction of sp³-hybridized carbons (Fsp3) is 0.467. The minimum absolute atomic E-state index is 0.0359. The molecule has 1 amide bonds. The number of hydrogen-bond acceptors (Lipinski definition) is 2. The number of carbonyl (C=O) groups excluding carboxylic acids is 1. The minimum Gasteiger partial charge on any atom is -0.480 e. The second kappa shape index (κ2) is 5.43. The van der Waals surface area contributed by atoms with Gasteiger partial charge in [-0.25, -0.2) is 0 Å². The first-order valence-electron chi connectivity index (χ1n) is 6.58. The van der Waals surface area contributed by atoms with Crippen LogP contribution in [0.15, 0.2) is 30.3 Å². The van der Waals surface area contributed by atoms with E-state index in [9.17, 15) is 9.59 Å². The Kier molecular flexibility index (Phi) is 3.88. The largest absolute Gasteiger partial charge is 0.480 e. The molecule has 1 saturated carbocycles. The van der Waals surface area contributed by atoms with E-state index in [-0.39, 0.29) is 30.3 Å². The Morgan fingerprint density at radius 3 is 2.47 bits per heavy atom. The maximum absolute atomic E-state index is 12.3. The van der Waals surface area contributed by atoms with Crippen molar-refractivity contribution in [1.82, 2.24) is 4.90 Å². The maximum Gasteiger partial charge on any atom is 0.323 e. The fourth-order valence-corrected chi connectivity index (χ4v) is 2.41. The van der Waals surface area contributed by atoms with Crippen LogP contribution in [-0.2, 0) is 9.59 Å². The van der Waals surface area contributed by atoms with Gasteiger partial charge in [-0.3, -0.25) is 9.59 Å². The summed E-state index contributed by atoms with van der Waals surface area (Å²) >= 11 is 0. The van der Waals surface area contributed by atoms with Gasteiger partial charge in [0.05, 0.1) is 0 Å². The average molecular weight is 261 g/mol. The molecule has 1 fully saturated rings. The molecule has 0 aliphatic heterocycles. The van der Waals surface area contributed by atoms with Gasteiger partial charge in [0.15, 0.2) is 0 Å². The minimum atomic E-state index is -0.959. The van der Waals surface area contributed by atoms with E-state index in [0.29, 0.717) is 0 Å². The maximum atomic E-state index is 12.3. The molecule has 0 spiro atoms. The number of carbonyl (C=O) groups is 2. The standard InChI is InChI=1S/C15H19NO3/c1-10(2)16(9-14(17)18)15(19)13-8-12(13)11-6-4-3-5-7-11/h3-7,10,12-13H,8-9H2,1-2H3,(H,17,18). The number of benzene rings is 1. The van der Waals surface area contributed by atoms with Crippen LogP contribution in [0.3, 0.4) is 0 Å². The van der Waals surface area contributed by atoms with Crippen molar-refractivity contribution in [1.29, 1.82) is 0 Å². The lowest BCUT2D eigenvalue weighted by molar-refractivity contribution is -0.146. The molecule has 2 atom stereocenters. The highest BCUT2D eigenvalue weighted by Gasteiger charge is 2.46. The summed E-state index contributed by atoms with van der Waals surface area (Å²) in [7, 11) is 0. The topological polar surface area (TPSA) is 57.6 Å². The first-order valence-corrected chi connectivity index (χ1v) is 6.58. The summed E-state index contributed by atoms with van der Waals surface area (Å²) in [6.45, 7) is 3.48. The molecule has 2 rings (SSSR count). The lowest BCUT2D eigenvalue weighted by Crippen LogP contribution is -2.41. The van der Waals surface area contributed by atoms with Crippen LogP contribution in [0.5, 0.6) is 0 Å². The Balaban J connectivity index is 2.03. The summed E-state index contributed by atoms with van der Waals surface area (Å²) in [6, 6.07) is 9.84. The molecule has 1 aromatic carbocycles. The van der Waals surface area contributed by atoms with Gasteiger partial charge in [-0.1, -0.05) is 30.3 Å². The van der Waals surface area contributed by atoms with Crippen molar-refractivity contribution >= 4 is 11.9 Å². The van der Waals surface area contributed by atoms with Crippen LogP contribution in [0.4, 0.5) is 0 Å². The lowest BCUT2D eigenvalue weighted by atomic mass is 10.1. The second-order valence-corrected chi connectivity index (χ2v) is 5.31. The van der Waals surface area contributed by atoms with E-state index in [1.54, 1.807) is 0 Å². The molecule has 1 aliphatic carbocycles. The van der Waals surface area contributed by atoms with Gasteiger partial charge in [-0.15, -0.1) is 0 Å². The van der Waals surface area contributed by atoms with Crippen molar-refractivity contribution in [3.05, 3.63) is 35.9 Å². The lowest BCUT2D eigenvalue weighted by Gasteiger charge is -2.25. The Morgan fingerprint density at radius 1 is 1.32 bits per heavy atom.